The quantitative estimate of drug-likeness (QED) is 0.534. The Morgan fingerprint density at radius 3 is 2.76 bits per heavy atom. The number of nitrogens with two attached hydrogens (primary N) is 1. The number of rotatable bonds is 8. The van der Waals surface area contributed by atoms with Gasteiger partial charge in [0.05, 0.1) is 0 Å². The van der Waals surface area contributed by atoms with E-state index < -0.39 is 0 Å². The van der Waals surface area contributed by atoms with E-state index in [1.165, 1.54) is 44.2 Å². The highest BCUT2D eigenvalue weighted by Gasteiger charge is 2.19. The highest BCUT2D eigenvalue weighted by molar-refractivity contribution is 5.40. The number of nitrogen functional groups attached to an aromatic ring is 1. The molecular weight excluding hydrogens is 208 g/mol. The second kappa shape index (κ2) is 6.65. The van der Waals surface area contributed by atoms with Crippen LogP contribution < -0.4 is 11.1 Å². The highest BCUT2D eigenvalue weighted by atomic mass is 14.8. The summed E-state index contributed by atoms with van der Waals surface area (Å²) in [7, 11) is 0. The monoisotopic (exact) mass is 232 g/mol. The maximum absolute atomic E-state index is 5.75. The third kappa shape index (κ3) is 5.22. The lowest BCUT2D eigenvalue weighted by Crippen LogP contribution is -2.17. The lowest BCUT2D eigenvalue weighted by molar-refractivity contribution is 0.581. The Bertz CT molecular complexity index is 331. The van der Waals surface area contributed by atoms with Crippen molar-refractivity contribution in [1.82, 2.24) is 5.32 Å². The Balaban J connectivity index is 1.47. The number of hydrogen-bond donors (Lipinski definition) is 2. The lowest BCUT2D eigenvalue weighted by Gasteiger charge is -2.05. The molecule has 0 aromatic heterocycles. The van der Waals surface area contributed by atoms with Crippen molar-refractivity contribution in [2.75, 3.05) is 18.8 Å². The third-order valence-electron chi connectivity index (χ3n) is 3.43. The van der Waals surface area contributed by atoms with Gasteiger partial charge in [-0.25, -0.2) is 0 Å². The van der Waals surface area contributed by atoms with Gasteiger partial charge in [-0.05, 0) is 62.4 Å². The summed E-state index contributed by atoms with van der Waals surface area (Å²) in [5.41, 5.74) is 7.97. The van der Waals surface area contributed by atoms with Crippen LogP contribution in [0.4, 0.5) is 5.69 Å². The predicted molar refractivity (Wildman–Crippen MR) is 74.0 cm³/mol. The van der Waals surface area contributed by atoms with E-state index in [4.69, 9.17) is 5.73 Å². The van der Waals surface area contributed by atoms with Gasteiger partial charge < -0.3 is 11.1 Å². The predicted octanol–water partition coefficient (Wildman–Crippen LogP) is 2.98. The van der Waals surface area contributed by atoms with Crippen LogP contribution in [-0.4, -0.2) is 13.1 Å². The van der Waals surface area contributed by atoms with Crippen molar-refractivity contribution < 1.29 is 0 Å². The summed E-state index contributed by atoms with van der Waals surface area (Å²) in [5, 5.41) is 3.52. The standard InChI is InChI=1S/C15H24N2/c16-15-7-1-4-14(12-15)6-3-11-17-10-2-5-13-8-9-13/h1,4,7,12-13,17H,2-3,5-6,8-11,16H2. The van der Waals surface area contributed by atoms with Crippen molar-refractivity contribution in [3.8, 4) is 0 Å². The van der Waals surface area contributed by atoms with E-state index in [1.807, 2.05) is 12.1 Å². The minimum atomic E-state index is 0.875. The van der Waals surface area contributed by atoms with E-state index in [0.29, 0.717) is 0 Å². The first-order valence-corrected chi connectivity index (χ1v) is 6.90. The Morgan fingerprint density at radius 1 is 1.18 bits per heavy atom. The average molecular weight is 232 g/mol. The molecule has 0 amide bonds. The number of anilines is 1. The van der Waals surface area contributed by atoms with Gasteiger partial charge >= 0.3 is 0 Å². The molecule has 2 rings (SSSR count). The highest BCUT2D eigenvalue weighted by Crippen LogP contribution is 2.33. The maximum atomic E-state index is 5.75. The van der Waals surface area contributed by atoms with Crippen LogP contribution in [0.3, 0.4) is 0 Å². The van der Waals surface area contributed by atoms with Gasteiger partial charge in [-0.3, -0.25) is 0 Å². The smallest absolute Gasteiger partial charge is 0.0316 e. The fourth-order valence-corrected chi connectivity index (χ4v) is 2.21. The van der Waals surface area contributed by atoms with Gasteiger partial charge in [0.2, 0.25) is 0 Å². The van der Waals surface area contributed by atoms with E-state index in [1.54, 1.807) is 0 Å². The fraction of sp³-hybridized carbons (Fsp3) is 0.600. The molecule has 2 heteroatoms. The fourth-order valence-electron chi connectivity index (χ4n) is 2.21. The van der Waals surface area contributed by atoms with Crippen molar-refractivity contribution in [2.24, 2.45) is 5.92 Å². The van der Waals surface area contributed by atoms with Crippen LogP contribution in [0.15, 0.2) is 24.3 Å². The number of nitrogens with one attached hydrogen (secondary N) is 1. The summed E-state index contributed by atoms with van der Waals surface area (Å²) < 4.78 is 0. The van der Waals surface area contributed by atoms with Crippen LogP contribution in [0.2, 0.25) is 0 Å². The zero-order valence-corrected chi connectivity index (χ0v) is 10.6. The molecule has 1 aromatic carbocycles. The molecule has 0 heterocycles. The zero-order valence-electron chi connectivity index (χ0n) is 10.6. The van der Waals surface area contributed by atoms with Gasteiger partial charge in [-0.2, -0.15) is 0 Å². The second-order valence-electron chi connectivity index (χ2n) is 5.18. The Labute approximate surface area is 105 Å². The average Bonchev–Trinajstić information content (AvgIpc) is 3.12. The van der Waals surface area contributed by atoms with Crippen LogP contribution in [0, 0.1) is 5.92 Å². The first-order chi connectivity index (χ1) is 8.34. The lowest BCUT2D eigenvalue weighted by atomic mass is 10.1. The second-order valence-corrected chi connectivity index (χ2v) is 5.18. The summed E-state index contributed by atoms with van der Waals surface area (Å²) in [6, 6.07) is 8.21. The molecule has 94 valence electrons. The minimum absolute atomic E-state index is 0.875. The van der Waals surface area contributed by atoms with Gasteiger partial charge in [-0.15, -0.1) is 0 Å². The van der Waals surface area contributed by atoms with Crippen molar-refractivity contribution in [1.29, 1.82) is 0 Å². The minimum Gasteiger partial charge on any atom is -0.399 e. The van der Waals surface area contributed by atoms with Crippen molar-refractivity contribution in [3.05, 3.63) is 29.8 Å². The molecule has 0 saturated heterocycles. The summed E-state index contributed by atoms with van der Waals surface area (Å²) in [6.45, 7) is 2.31. The van der Waals surface area contributed by atoms with Gasteiger partial charge in [0.15, 0.2) is 0 Å². The van der Waals surface area contributed by atoms with E-state index in [2.05, 4.69) is 17.4 Å². The van der Waals surface area contributed by atoms with Crippen LogP contribution in [0.1, 0.15) is 37.7 Å². The van der Waals surface area contributed by atoms with Crippen molar-refractivity contribution in [3.63, 3.8) is 0 Å². The molecule has 0 bridgehead atoms. The normalized spacial score (nSPS) is 15.1. The molecule has 0 radical (unpaired) electrons. The Kier molecular flexibility index (Phi) is 4.87. The largest absolute Gasteiger partial charge is 0.399 e. The molecule has 1 aromatic rings. The zero-order chi connectivity index (χ0) is 11.9. The van der Waals surface area contributed by atoms with Crippen molar-refractivity contribution >= 4 is 5.69 Å². The number of hydrogen-bond acceptors (Lipinski definition) is 2. The molecule has 17 heavy (non-hydrogen) atoms. The maximum Gasteiger partial charge on any atom is 0.0316 e. The summed E-state index contributed by atoms with van der Waals surface area (Å²) in [5.74, 6) is 1.07. The van der Waals surface area contributed by atoms with Crippen LogP contribution in [0.25, 0.3) is 0 Å². The molecule has 0 spiro atoms. The van der Waals surface area contributed by atoms with Crippen LogP contribution in [-0.2, 0) is 6.42 Å². The first kappa shape index (κ1) is 12.4. The van der Waals surface area contributed by atoms with Gasteiger partial charge in [0.25, 0.3) is 0 Å². The van der Waals surface area contributed by atoms with Crippen LogP contribution >= 0.6 is 0 Å². The Morgan fingerprint density at radius 2 is 2.00 bits per heavy atom. The van der Waals surface area contributed by atoms with Gasteiger partial charge in [-0.1, -0.05) is 25.0 Å². The van der Waals surface area contributed by atoms with Crippen LogP contribution in [0.5, 0.6) is 0 Å². The molecule has 0 atom stereocenters. The molecule has 1 aliphatic rings. The summed E-state index contributed by atoms with van der Waals surface area (Å²) in [4.78, 5) is 0. The molecule has 0 unspecified atom stereocenters. The van der Waals surface area contributed by atoms with Crippen molar-refractivity contribution in [2.45, 2.75) is 38.5 Å². The molecule has 3 N–H and O–H groups in total. The first-order valence-electron chi connectivity index (χ1n) is 6.90. The van der Waals surface area contributed by atoms with E-state index in [0.717, 1.165) is 24.6 Å². The molecule has 1 fully saturated rings. The SMILES string of the molecule is Nc1cccc(CCCNCCCC2CC2)c1. The molecule has 0 aliphatic heterocycles. The molecule has 1 aliphatic carbocycles. The molecule has 2 nitrogen and oxygen atoms in total. The Hall–Kier alpha value is -1.02. The molecule has 1 saturated carbocycles. The summed E-state index contributed by atoms with van der Waals surface area (Å²) in [6.07, 6.45) is 8.07. The third-order valence-corrected chi connectivity index (χ3v) is 3.43. The topological polar surface area (TPSA) is 38.0 Å². The van der Waals surface area contributed by atoms with E-state index >= 15 is 0 Å². The number of benzene rings is 1. The summed E-state index contributed by atoms with van der Waals surface area (Å²) >= 11 is 0. The van der Waals surface area contributed by atoms with E-state index in [-0.39, 0.29) is 0 Å². The van der Waals surface area contributed by atoms with Gasteiger partial charge in [0, 0.05) is 5.69 Å². The van der Waals surface area contributed by atoms with Gasteiger partial charge in [0.1, 0.15) is 0 Å². The van der Waals surface area contributed by atoms with E-state index in [9.17, 15) is 0 Å². The number of aryl methyl sites for hydroxylation is 1. The molecular formula is C15H24N2.